The molecule has 1 atom stereocenters. The minimum atomic E-state index is -0.170. The van der Waals surface area contributed by atoms with E-state index in [0.717, 1.165) is 54.3 Å². The Bertz CT molecular complexity index is 1790. The van der Waals surface area contributed by atoms with Crippen LogP contribution < -0.4 is 16.2 Å². The van der Waals surface area contributed by atoms with Crippen molar-refractivity contribution in [3.63, 3.8) is 0 Å². The van der Waals surface area contributed by atoms with Gasteiger partial charge in [-0.3, -0.25) is 14.3 Å². The molecule has 0 amide bonds. The molecule has 3 aromatic heterocycles. The Labute approximate surface area is 246 Å². The van der Waals surface area contributed by atoms with Crippen molar-refractivity contribution in [2.24, 2.45) is 11.1 Å². The summed E-state index contributed by atoms with van der Waals surface area (Å²) in [5.41, 5.74) is 10.5. The van der Waals surface area contributed by atoms with Crippen LogP contribution in [0.1, 0.15) is 35.7 Å². The Morgan fingerprint density at radius 1 is 0.976 bits per heavy atom. The molecular weight excluding hydrogens is 554 g/mol. The van der Waals surface area contributed by atoms with E-state index in [1.807, 2.05) is 60.9 Å². The van der Waals surface area contributed by atoms with Gasteiger partial charge in [-0.15, -0.1) is 0 Å². The number of nitrogens with two attached hydrogens (primary N) is 1. The molecule has 1 unspecified atom stereocenters. The Hall–Kier alpha value is -3.79. The van der Waals surface area contributed by atoms with E-state index in [1.54, 1.807) is 17.1 Å². The molecule has 8 nitrogen and oxygen atoms in total. The number of anilines is 1. The summed E-state index contributed by atoms with van der Waals surface area (Å²) in [6.07, 6.45) is 9.94. The fraction of sp³-hybridized carbons (Fsp3) is 0.258. The number of piperidine rings is 1. The van der Waals surface area contributed by atoms with Crippen LogP contribution >= 0.6 is 23.4 Å². The number of rotatable bonds is 5. The molecule has 1 saturated heterocycles. The fourth-order valence-electron chi connectivity index (χ4n) is 6.12. The highest BCUT2D eigenvalue weighted by Gasteiger charge is 2.46. The van der Waals surface area contributed by atoms with Gasteiger partial charge in [-0.1, -0.05) is 59.8 Å². The molecule has 0 bridgehead atoms. The third kappa shape index (κ3) is 4.77. The molecule has 1 aliphatic carbocycles. The predicted octanol–water partition coefficient (Wildman–Crippen LogP) is 5.28. The van der Waals surface area contributed by atoms with E-state index in [0.29, 0.717) is 27.5 Å². The molecule has 4 heterocycles. The summed E-state index contributed by atoms with van der Waals surface area (Å²) in [5, 5.41) is 1.49. The van der Waals surface area contributed by atoms with Crippen molar-refractivity contribution in [2.75, 3.05) is 18.0 Å². The lowest BCUT2D eigenvalue weighted by Crippen LogP contribution is -2.44. The molecule has 0 saturated carbocycles. The third-order valence-electron chi connectivity index (χ3n) is 8.44. The first kappa shape index (κ1) is 26.1. The molecule has 1 fully saturated rings. The van der Waals surface area contributed by atoms with Gasteiger partial charge in [0.2, 0.25) is 0 Å². The standard InChI is InChI=1S/C31H28ClN7OS/c32-28-24(9-8-22-27(28)30(40)39(19-37-22)18-20-5-2-1-3-6-20)41-26-17-35-25(16-36-26)38-13-10-31(11-14-38)15-23-21(29(31)33)7-4-12-34-23/h1-9,12,16-17,19,29H,10-11,13-15,18,33H2. The number of benzene rings is 2. The predicted molar refractivity (Wildman–Crippen MR) is 161 cm³/mol. The highest BCUT2D eigenvalue weighted by molar-refractivity contribution is 7.99. The van der Waals surface area contributed by atoms with E-state index in [2.05, 4.69) is 25.9 Å². The maximum Gasteiger partial charge on any atom is 0.263 e. The molecule has 0 radical (unpaired) electrons. The van der Waals surface area contributed by atoms with Crippen molar-refractivity contribution in [2.45, 2.75) is 41.8 Å². The smallest absolute Gasteiger partial charge is 0.263 e. The summed E-state index contributed by atoms with van der Waals surface area (Å²) in [4.78, 5) is 34.8. The summed E-state index contributed by atoms with van der Waals surface area (Å²) in [5.74, 6) is 0.851. The van der Waals surface area contributed by atoms with Gasteiger partial charge in [0.25, 0.3) is 5.56 Å². The molecule has 5 aromatic rings. The minimum absolute atomic E-state index is 0.0302. The highest BCUT2D eigenvalue weighted by Crippen LogP contribution is 2.50. The normalized spacial score (nSPS) is 17.7. The number of hydrogen-bond donors (Lipinski definition) is 1. The van der Waals surface area contributed by atoms with E-state index in [1.165, 1.54) is 17.3 Å². The van der Waals surface area contributed by atoms with E-state index in [4.69, 9.17) is 22.3 Å². The maximum atomic E-state index is 13.3. The van der Waals surface area contributed by atoms with Crippen LogP contribution in [0, 0.1) is 5.41 Å². The van der Waals surface area contributed by atoms with Crippen molar-refractivity contribution < 1.29 is 0 Å². The van der Waals surface area contributed by atoms with Crippen LogP contribution in [0.5, 0.6) is 0 Å². The SMILES string of the molecule is NC1c2cccnc2CC12CCN(c1cnc(Sc3ccc4ncn(Cc5ccccc5)c(=O)c4c3Cl)cn1)CC2. The van der Waals surface area contributed by atoms with Gasteiger partial charge in [0.05, 0.1) is 41.2 Å². The first-order chi connectivity index (χ1) is 20.0. The minimum Gasteiger partial charge on any atom is -0.355 e. The molecule has 2 aromatic carbocycles. The first-order valence-corrected chi connectivity index (χ1v) is 14.9. The summed E-state index contributed by atoms with van der Waals surface area (Å²) >= 11 is 8.17. The number of halogens is 1. The maximum absolute atomic E-state index is 13.3. The van der Waals surface area contributed by atoms with Crippen molar-refractivity contribution in [1.82, 2.24) is 24.5 Å². The van der Waals surface area contributed by atoms with Crippen molar-refractivity contribution in [1.29, 1.82) is 0 Å². The van der Waals surface area contributed by atoms with E-state index in [-0.39, 0.29) is 17.0 Å². The average Bonchev–Trinajstić information content (AvgIpc) is 3.28. The zero-order valence-corrected chi connectivity index (χ0v) is 23.9. The summed E-state index contributed by atoms with van der Waals surface area (Å²) < 4.78 is 1.59. The van der Waals surface area contributed by atoms with Crippen molar-refractivity contribution in [3.8, 4) is 0 Å². The Morgan fingerprint density at radius 3 is 2.56 bits per heavy atom. The van der Waals surface area contributed by atoms with Crippen LogP contribution in [0.3, 0.4) is 0 Å². The van der Waals surface area contributed by atoms with E-state index >= 15 is 0 Å². The third-order valence-corrected chi connectivity index (χ3v) is 9.93. The topological polar surface area (TPSA) is 103 Å². The van der Waals surface area contributed by atoms with Crippen molar-refractivity contribution in [3.05, 3.63) is 112 Å². The molecule has 41 heavy (non-hydrogen) atoms. The van der Waals surface area contributed by atoms with Gasteiger partial charge in [0.15, 0.2) is 0 Å². The second-order valence-corrected chi connectivity index (χ2v) is 12.2. The molecule has 1 aliphatic heterocycles. The van der Waals surface area contributed by atoms with Crippen LogP contribution in [0.4, 0.5) is 5.82 Å². The lowest BCUT2D eigenvalue weighted by atomic mass is 9.73. The van der Waals surface area contributed by atoms with E-state index < -0.39 is 0 Å². The van der Waals surface area contributed by atoms with Crippen molar-refractivity contribution >= 4 is 40.1 Å². The average molecular weight is 582 g/mol. The summed E-state index contributed by atoms with van der Waals surface area (Å²) in [7, 11) is 0. The Morgan fingerprint density at radius 2 is 1.80 bits per heavy atom. The first-order valence-electron chi connectivity index (χ1n) is 13.7. The highest BCUT2D eigenvalue weighted by atomic mass is 35.5. The second-order valence-electron chi connectivity index (χ2n) is 10.8. The molecule has 10 heteroatoms. The number of hydrogen-bond acceptors (Lipinski definition) is 8. The summed E-state index contributed by atoms with van der Waals surface area (Å²) in [6.45, 7) is 2.18. The zero-order chi connectivity index (χ0) is 28.0. The van der Waals surface area contributed by atoms with E-state index in [9.17, 15) is 4.79 Å². The number of nitrogens with zero attached hydrogens (tertiary/aromatic N) is 6. The van der Waals surface area contributed by atoms with Gasteiger partial charge in [0, 0.05) is 35.9 Å². The second kappa shape index (κ2) is 10.6. The Balaban J connectivity index is 1.06. The molecule has 2 aliphatic rings. The molecule has 2 N–H and O–H groups in total. The van der Waals surface area contributed by atoms with Gasteiger partial charge in [-0.05, 0) is 54.0 Å². The van der Waals surface area contributed by atoms with Gasteiger partial charge < -0.3 is 10.6 Å². The molecule has 7 rings (SSSR count). The van der Waals surface area contributed by atoms with Crippen LogP contribution in [0.15, 0.2) is 94.2 Å². The van der Waals surface area contributed by atoms with Crippen LogP contribution in [-0.2, 0) is 13.0 Å². The van der Waals surface area contributed by atoms with Gasteiger partial charge in [-0.25, -0.2) is 15.0 Å². The quantitative estimate of drug-likeness (QED) is 0.299. The van der Waals surface area contributed by atoms with Crippen LogP contribution in [-0.4, -0.2) is 37.6 Å². The molecule has 206 valence electrons. The largest absolute Gasteiger partial charge is 0.355 e. The lowest BCUT2D eigenvalue weighted by Gasteiger charge is -2.42. The monoisotopic (exact) mass is 581 g/mol. The summed E-state index contributed by atoms with van der Waals surface area (Å²) in [6, 6.07) is 17.6. The number of pyridine rings is 1. The molecular formula is C31H28ClN7OS. The number of aromatic nitrogens is 5. The fourth-order valence-corrected chi connectivity index (χ4v) is 7.24. The van der Waals surface area contributed by atoms with Gasteiger partial charge in [-0.2, -0.15) is 0 Å². The molecule has 1 spiro atoms. The lowest BCUT2D eigenvalue weighted by molar-refractivity contribution is 0.186. The van der Waals surface area contributed by atoms with Crippen LogP contribution in [0.2, 0.25) is 5.02 Å². The van der Waals surface area contributed by atoms with Crippen LogP contribution in [0.25, 0.3) is 10.9 Å². The number of fused-ring (bicyclic) bond motifs is 2. The van der Waals surface area contributed by atoms with Gasteiger partial charge in [0.1, 0.15) is 10.8 Å². The Kier molecular flexibility index (Phi) is 6.73. The zero-order valence-electron chi connectivity index (χ0n) is 22.3. The van der Waals surface area contributed by atoms with Gasteiger partial charge >= 0.3 is 0 Å².